The molecule has 1 N–H and O–H groups in total. The SMILES string of the molecule is CC[C@H]1CCC[C@H](O[C@H]2CC[C@H](N(C)C)C(C)O2)[C@@H](C)C(=O)C2=C[C@H]3[C@@H]4C[C@H](O[C@@H]5OC(C)[C@H](OC)C(OC)[C@@H]5OC)C[C@H]4C(O)C(Br)[C@H]3[C@@H]2CC(=O)O1. The van der Waals surface area contributed by atoms with E-state index in [1.165, 1.54) is 0 Å². The number of halogens is 1. The van der Waals surface area contributed by atoms with Crippen LogP contribution in [-0.2, 0) is 47.5 Å². The summed E-state index contributed by atoms with van der Waals surface area (Å²) in [5.74, 6) is -1.32. The monoisotopic (exact) mass is 827 g/mol. The number of rotatable bonds is 9. The van der Waals surface area contributed by atoms with Crippen molar-refractivity contribution in [3.8, 4) is 0 Å². The summed E-state index contributed by atoms with van der Waals surface area (Å²) in [6.45, 7) is 8.05. The van der Waals surface area contributed by atoms with Gasteiger partial charge in [0, 0.05) is 44.0 Å². The Bertz CT molecular complexity index is 1320. The summed E-state index contributed by atoms with van der Waals surface area (Å²) in [6, 6.07) is 0.315. The zero-order valence-corrected chi connectivity index (χ0v) is 35.4. The first kappa shape index (κ1) is 42.6. The van der Waals surface area contributed by atoms with Crippen LogP contribution in [0.3, 0.4) is 0 Å². The molecule has 19 atom stereocenters. The molecule has 3 heterocycles. The quantitative estimate of drug-likeness (QED) is 0.247. The van der Waals surface area contributed by atoms with Crippen molar-refractivity contribution < 1.29 is 52.6 Å². The smallest absolute Gasteiger partial charge is 0.306 e. The average Bonchev–Trinajstić information content (AvgIpc) is 3.73. The second kappa shape index (κ2) is 18.3. The highest BCUT2D eigenvalue weighted by atomic mass is 79.9. The lowest BCUT2D eigenvalue weighted by atomic mass is 9.65. The highest BCUT2D eigenvalue weighted by molar-refractivity contribution is 9.09. The molecule has 0 aromatic carbocycles. The topological polar surface area (TPSA) is 131 Å². The number of likely N-dealkylation sites (N-methyl/N-ethyl adjacent to an activating group) is 1. The summed E-state index contributed by atoms with van der Waals surface area (Å²) in [7, 11) is 9.05. The lowest BCUT2D eigenvalue weighted by Gasteiger charge is -2.45. The number of allylic oxidation sites excluding steroid dienone is 2. The van der Waals surface area contributed by atoms with Crippen molar-refractivity contribution in [1.82, 2.24) is 4.90 Å². The number of cyclic esters (lactones) is 1. The van der Waals surface area contributed by atoms with Gasteiger partial charge in [-0.3, -0.25) is 9.59 Å². The number of hydrogen-bond acceptors (Lipinski definition) is 12. The van der Waals surface area contributed by atoms with Crippen LogP contribution >= 0.6 is 15.9 Å². The summed E-state index contributed by atoms with van der Waals surface area (Å²) in [6.07, 6.45) is 4.16. The number of hydrogen-bond donors (Lipinski definition) is 1. The van der Waals surface area contributed by atoms with Gasteiger partial charge in [-0.05, 0) is 109 Å². The second-order valence-electron chi connectivity index (χ2n) is 17.0. The number of aliphatic hydroxyl groups excluding tert-OH is 1. The molecular formula is C41H66BrNO11. The molecule has 0 bridgehead atoms. The predicted molar refractivity (Wildman–Crippen MR) is 204 cm³/mol. The Morgan fingerprint density at radius 3 is 2.24 bits per heavy atom. The number of alkyl halides is 1. The number of carbonyl (C=O) groups excluding carboxylic acids is 2. The molecular weight excluding hydrogens is 762 g/mol. The maximum atomic E-state index is 14.8. The van der Waals surface area contributed by atoms with Gasteiger partial charge in [0.25, 0.3) is 0 Å². The van der Waals surface area contributed by atoms with Crippen LogP contribution in [0.25, 0.3) is 0 Å². The van der Waals surface area contributed by atoms with E-state index >= 15 is 0 Å². The van der Waals surface area contributed by atoms with Crippen LogP contribution in [0.4, 0.5) is 0 Å². The van der Waals surface area contributed by atoms with E-state index < -0.39 is 30.3 Å². The molecule has 6 rings (SSSR count). The number of methoxy groups -OCH3 is 3. The van der Waals surface area contributed by atoms with Crippen LogP contribution in [0.1, 0.15) is 85.5 Å². The molecule has 308 valence electrons. The minimum absolute atomic E-state index is 0.0107. The first-order valence-corrected chi connectivity index (χ1v) is 21.4. The molecule has 0 aromatic rings. The molecule has 2 saturated carbocycles. The molecule has 13 heteroatoms. The fourth-order valence-corrected chi connectivity index (χ4v) is 12.0. The predicted octanol–water partition coefficient (Wildman–Crippen LogP) is 5.06. The van der Waals surface area contributed by atoms with Gasteiger partial charge < -0.3 is 47.9 Å². The van der Waals surface area contributed by atoms with Crippen LogP contribution in [0.5, 0.6) is 0 Å². The summed E-state index contributed by atoms with van der Waals surface area (Å²) < 4.78 is 49.5. The first-order valence-electron chi connectivity index (χ1n) is 20.5. The van der Waals surface area contributed by atoms with Crippen molar-refractivity contribution in [3.05, 3.63) is 11.6 Å². The normalized spacial score (nSPS) is 47.6. The van der Waals surface area contributed by atoms with E-state index in [1.54, 1.807) is 21.3 Å². The lowest BCUT2D eigenvalue weighted by molar-refractivity contribution is -0.314. The van der Waals surface area contributed by atoms with Gasteiger partial charge in [-0.15, -0.1) is 0 Å². The molecule has 0 aromatic heterocycles. The van der Waals surface area contributed by atoms with Crippen LogP contribution in [-0.4, -0.2) is 136 Å². The number of aliphatic hydroxyl groups is 1. The summed E-state index contributed by atoms with van der Waals surface area (Å²) in [5, 5.41) is 11.9. The number of ether oxygens (including phenoxy) is 8. The first-order chi connectivity index (χ1) is 25.8. The number of fused-ring (bicyclic) bond motifs is 5. The van der Waals surface area contributed by atoms with Crippen LogP contribution in [0.15, 0.2) is 11.6 Å². The maximum absolute atomic E-state index is 14.8. The molecule has 54 heavy (non-hydrogen) atoms. The fraction of sp³-hybridized carbons (Fsp3) is 0.902. The molecule has 5 unspecified atom stereocenters. The Morgan fingerprint density at radius 1 is 0.889 bits per heavy atom. The van der Waals surface area contributed by atoms with E-state index in [2.05, 4.69) is 47.9 Å². The van der Waals surface area contributed by atoms with Crippen molar-refractivity contribution in [2.24, 2.45) is 35.5 Å². The van der Waals surface area contributed by atoms with Crippen molar-refractivity contribution in [2.45, 2.75) is 164 Å². The molecule has 0 amide bonds. The highest BCUT2D eigenvalue weighted by Crippen LogP contribution is 2.58. The molecule has 6 aliphatic rings. The van der Waals surface area contributed by atoms with Crippen molar-refractivity contribution in [1.29, 1.82) is 0 Å². The highest BCUT2D eigenvalue weighted by Gasteiger charge is 2.59. The molecule has 5 fully saturated rings. The van der Waals surface area contributed by atoms with E-state index in [9.17, 15) is 14.7 Å². The Labute approximate surface area is 330 Å². The molecule has 3 aliphatic heterocycles. The third kappa shape index (κ3) is 8.57. The zero-order chi connectivity index (χ0) is 39.0. The van der Waals surface area contributed by atoms with Crippen molar-refractivity contribution in [3.63, 3.8) is 0 Å². The third-order valence-corrected chi connectivity index (χ3v) is 15.0. The van der Waals surface area contributed by atoms with E-state index in [-0.39, 0.29) is 95.7 Å². The molecule has 3 aliphatic carbocycles. The van der Waals surface area contributed by atoms with Gasteiger partial charge in [0.2, 0.25) is 0 Å². The van der Waals surface area contributed by atoms with Gasteiger partial charge in [-0.1, -0.05) is 35.9 Å². The standard InChI is InChI=1S/C41H66BrNO11/c1-10-23-12-11-13-31(54-33-15-14-30(43(5)6)21(3)50-33)20(2)36(45)29-18-26-25-16-24(53-41-40(49-9)39(48-8)38(47-7)22(4)51-41)17-28(25)37(46)35(42)34(26)27(29)19-32(44)52-23/h18,20-28,30-31,33-35,37-41,46H,10-17,19H2,1-9H3/t20-,21?,22?,23+,24+,25+,26+,27-,28-,30+,31+,33+,34-,35?,37?,38+,39?,40+,41+/m1/s1. The number of Topliss-reactive ketones (excluding diaryl/α,β-unsaturated/α-hetero) is 1. The third-order valence-electron chi connectivity index (χ3n) is 13.8. The Balaban J connectivity index is 1.25. The van der Waals surface area contributed by atoms with E-state index in [0.29, 0.717) is 37.3 Å². The second-order valence-corrected chi connectivity index (χ2v) is 18.1. The zero-order valence-electron chi connectivity index (χ0n) is 33.8. The van der Waals surface area contributed by atoms with Gasteiger partial charge in [0.05, 0.1) is 36.9 Å². The molecule has 0 spiro atoms. The van der Waals surface area contributed by atoms with Crippen LogP contribution < -0.4 is 0 Å². The summed E-state index contributed by atoms with van der Waals surface area (Å²) in [5.41, 5.74) is 0.668. The number of esters is 1. The van der Waals surface area contributed by atoms with Gasteiger partial charge in [0.1, 0.15) is 24.4 Å². The summed E-state index contributed by atoms with van der Waals surface area (Å²) in [4.78, 5) is 30.3. The number of carbonyl (C=O) groups is 2. The van der Waals surface area contributed by atoms with E-state index in [1.807, 2.05) is 20.8 Å². The number of nitrogens with zero attached hydrogens (tertiary/aromatic N) is 1. The van der Waals surface area contributed by atoms with E-state index in [0.717, 1.165) is 25.7 Å². The van der Waals surface area contributed by atoms with Crippen LogP contribution in [0.2, 0.25) is 0 Å². The Morgan fingerprint density at radius 2 is 1.59 bits per heavy atom. The summed E-state index contributed by atoms with van der Waals surface area (Å²) >= 11 is 3.92. The van der Waals surface area contributed by atoms with Gasteiger partial charge in [0.15, 0.2) is 18.4 Å². The van der Waals surface area contributed by atoms with Gasteiger partial charge in [-0.2, -0.15) is 0 Å². The molecule has 3 saturated heterocycles. The average molecular weight is 829 g/mol. The fourth-order valence-electron chi connectivity index (χ4n) is 10.9. The Kier molecular flexibility index (Phi) is 14.4. The van der Waals surface area contributed by atoms with E-state index in [4.69, 9.17) is 37.9 Å². The molecule has 0 radical (unpaired) electrons. The van der Waals surface area contributed by atoms with Crippen molar-refractivity contribution in [2.75, 3.05) is 35.4 Å². The minimum Gasteiger partial charge on any atom is -0.462 e. The van der Waals surface area contributed by atoms with Gasteiger partial charge in [-0.25, -0.2) is 0 Å². The largest absolute Gasteiger partial charge is 0.462 e. The number of ketones is 1. The minimum atomic E-state index is -0.688. The molecule has 12 nitrogen and oxygen atoms in total. The van der Waals surface area contributed by atoms with Crippen LogP contribution in [0, 0.1) is 35.5 Å². The lowest BCUT2D eigenvalue weighted by Crippen LogP contribution is -2.59. The van der Waals surface area contributed by atoms with Gasteiger partial charge >= 0.3 is 5.97 Å². The van der Waals surface area contributed by atoms with Crippen molar-refractivity contribution >= 4 is 27.7 Å². The maximum Gasteiger partial charge on any atom is 0.306 e. The Hall–Kier alpha value is -1.00.